The maximum atomic E-state index is 12.0. The Labute approximate surface area is 93.4 Å². The molecule has 1 N–H and O–H groups in total. The van der Waals surface area contributed by atoms with Gasteiger partial charge in [0.2, 0.25) is 0 Å². The van der Waals surface area contributed by atoms with Crippen LogP contribution in [-0.4, -0.2) is 45.1 Å². The number of nitrogens with zero attached hydrogens (tertiary/aromatic N) is 2. The predicted molar refractivity (Wildman–Crippen MR) is 61.0 cm³/mol. The third-order valence-electron chi connectivity index (χ3n) is 2.63. The first-order chi connectivity index (χ1) is 7.31. The van der Waals surface area contributed by atoms with Crippen LogP contribution in [0.2, 0.25) is 0 Å². The van der Waals surface area contributed by atoms with Crippen molar-refractivity contribution in [1.82, 2.24) is 15.1 Å². The standard InChI is InChI=1S/C10H15N3OS/c1-2-9-7-13(3-4-15-9)10(14)8-5-11-12-6-8/h5-6,9H,2-4,7H2,1H3,(H,11,12). The molecule has 1 aromatic rings. The molecule has 1 aliphatic rings. The van der Waals surface area contributed by atoms with E-state index in [0.29, 0.717) is 10.8 Å². The molecule has 1 aliphatic heterocycles. The van der Waals surface area contributed by atoms with Gasteiger partial charge in [-0.25, -0.2) is 0 Å². The number of carbonyl (C=O) groups is 1. The Morgan fingerprint density at radius 3 is 3.33 bits per heavy atom. The highest BCUT2D eigenvalue weighted by molar-refractivity contribution is 8.00. The number of hydrogen-bond acceptors (Lipinski definition) is 3. The topological polar surface area (TPSA) is 49.0 Å². The molecular formula is C10H15N3OS. The molecule has 2 heterocycles. The lowest BCUT2D eigenvalue weighted by molar-refractivity contribution is 0.0761. The quantitative estimate of drug-likeness (QED) is 0.827. The van der Waals surface area contributed by atoms with Gasteiger partial charge < -0.3 is 4.90 Å². The van der Waals surface area contributed by atoms with E-state index in [-0.39, 0.29) is 5.91 Å². The van der Waals surface area contributed by atoms with Crippen LogP contribution in [0.1, 0.15) is 23.7 Å². The molecule has 1 fully saturated rings. The first kappa shape index (κ1) is 10.5. The van der Waals surface area contributed by atoms with Crippen LogP contribution in [-0.2, 0) is 0 Å². The fourth-order valence-electron chi connectivity index (χ4n) is 1.70. The van der Waals surface area contributed by atoms with Gasteiger partial charge in [0.1, 0.15) is 0 Å². The summed E-state index contributed by atoms with van der Waals surface area (Å²) in [6, 6.07) is 0. The molecule has 1 saturated heterocycles. The molecule has 15 heavy (non-hydrogen) atoms. The summed E-state index contributed by atoms with van der Waals surface area (Å²) in [6.07, 6.45) is 4.37. The van der Waals surface area contributed by atoms with Gasteiger partial charge in [-0.05, 0) is 6.42 Å². The van der Waals surface area contributed by atoms with Crippen LogP contribution < -0.4 is 0 Å². The third-order valence-corrected chi connectivity index (χ3v) is 4.00. The lowest BCUT2D eigenvalue weighted by Crippen LogP contribution is -2.41. The second kappa shape index (κ2) is 4.70. The third kappa shape index (κ3) is 2.34. The Hall–Kier alpha value is -0.970. The zero-order chi connectivity index (χ0) is 10.7. The van der Waals surface area contributed by atoms with Crippen LogP contribution in [0, 0.1) is 0 Å². The minimum Gasteiger partial charge on any atom is -0.337 e. The number of amides is 1. The van der Waals surface area contributed by atoms with E-state index in [0.717, 1.165) is 25.3 Å². The zero-order valence-corrected chi connectivity index (χ0v) is 9.59. The molecular weight excluding hydrogens is 210 g/mol. The van der Waals surface area contributed by atoms with Crippen molar-refractivity contribution in [3.05, 3.63) is 18.0 Å². The molecule has 1 amide bonds. The van der Waals surface area contributed by atoms with Crippen LogP contribution in [0.4, 0.5) is 0 Å². The molecule has 0 saturated carbocycles. The van der Waals surface area contributed by atoms with Crippen LogP contribution in [0.15, 0.2) is 12.4 Å². The van der Waals surface area contributed by atoms with Crippen molar-refractivity contribution in [2.24, 2.45) is 0 Å². The maximum Gasteiger partial charge on any atom is 0.257 e. The van der Waals surface area contributed by atoms with Crippen molar-refractivity contribution in [3.8, 4) is 0 Å². The molecule has 1 aromatic heterocycles. The molecule has 0 spiro atoms. The smallest absolute Gasteiger partial charge is 0.257 e. The second-order valence-corrected chi connectivity index (χ2v) is 5.05. The van der Waals surface area contributed by atoms with E-state index < -0.39 is 0 Å². The van der Waals surface area contributed by atoms with Crippen molar-refractivity contribution in [1.29, 1.82) is 0 Å². The van der Waals surface area contributed by atoms with Gasteiger partial charge in [0.15, 0.2) is 0 Å². The van der Waals surface area contributed by atoms with Crippen LogP contribution in [0.25, 0.3) is 0 Å². The van der Waals surface area contributed by atoms with Gasteiger partial charge in [-0.3, -0.25) is 9.89 Å². The summed E-state index contributed by atoms with van der Waals surface area (Å²) in [7, 11) is 0. The van der Waals surface area contributed by atoms with Gasteiger partial charge in [-0.15, -0.1) is 0 Å². The number of H-pyrrole nitrogens is 1. The van der Waals surface area contributed by atoms with Crippen LogP contribution in [0.3, 0.4) is 0 Å². The summed E-state index contributed by atoms with van der Waals surface area (Å²) in [4.78, 5) is 13.9. The summed E-state index contributed by atoms with van der Waals surface area (Å²) >= 11 is 1.96. The fourth-order valence-corrected chi connectivity index (χ4v) is 2.88. The monoisotopic (exact) mass is 225 g/mol. The highest BCUT2D eigenvalue weighted by Gasteiger charge is 2.24. The van der Waals surface area contributed by atoms with Crippen molar-refractivity contribution < 1.29 is 4.79 Å². The normalized spacial score (nSPS) is 21.7. The average Bonchev–Trinajstić information content (AvgIpc) is 2.81. The molecule has 5 heteroatoms. The van der Waals surface area contributed by atoms with Crippen molar-refractivity contribution in [2.75, 3.05) is 18.8 Å². The van der Waals surface area contributed by atoms with Crippen molar-refractivity contribution in [3.63, 3.8) is 0 Å². The number of thioether (sulfide) groups is 1. The molecule has 1 atom stereocenters. The molecule has 82 valence electrons. The van der Waals surface area contributed by atoms with E-state index in [9.17, 15) is 4.79 Å². The molecule has 0 radical (unpaired) electrons. The number of aromatic nitrogens is 2. The summed E-state index contributed by atoms with van der Waals surface area (Å²) in [5.74, 6) is 1.14. The van der Waals surface area contributed by atoms with Gasteiger partial charge in [0, 0.05) is 30.3 Å². The molecule has 0 aromatic carbocycles. The number of rotatable bonds is 2. The highest BCUT2D eigenvalue weighted by Crippen LogP contribution is 2.22. The number of aromatic amines is 1. The SMILES string of the molecule is CCC1CN(C(=O)c2cn[nH]c2)CCS1. The van der Waals surface area contributed by atoms with E-state index in [1.807, 2.05) is 16.7 Å². The first-order valence-electron chi connectivity index (χ1n) is 5.21. The van der Waals surface area contributed by atoms with Gasteiger partial charge in [-0.1, -0.05) is 6.92 Å². The number of hydrogen-bond donors (Lipinski definition) is 1. The fraction of sp³-hybridized carbons (Fsp3) is 0.600. The lowest BCUT2D eigenvalue weighted by atomic mass is 10.2. The van der Waals surface area contributed by atoms with E-state index in [4.69, 9.17) is 0 Å². The average molecular weight is 225 g/mol. The minimum absolute atomic E-state index is 0.0995. The Balaban J connectivity index is 2.01. The predicted octanol–water partition coefficient (Wildman–Crippen LogP) is 1.38. The van der Waals surface area contributed by atoms with Gasteiger partial charge in [-0.2, -0.15) is 16.9 Å². The summed E-state index contributed by atoms with van der Waals surface area (Å²) in [5.41, 5.74) is 0.664. The Morgan fingerprint density at radius 2 is 2.67 bits per heavy atom. The molecule has 0 bridgehead atoms. The van der Waals surface area contributed by atoms with Crippen molar-refractivity contribution >= 4 is 17.7 Å². The van der Waals surface area contributed by atoms with Gasteiger partial charge in [0.25, 0.3) is 5.91 Å². The minimum atomic E-state index is 0.0995. The van der Waals surface area contributed by atoms with E-state index >= 15 is 0 Å². The Morgan fingerprint density at radius 1 is 1.80 bits per heavy atom. The number of carbonyl (C=O) groups excluding carboxylic acids is 1. The van der Waals surface area contributed by atoms with Gasteiger partial charge in [0.05, 0.1) is 11.8 Å². The first-order valence-corrected chi connectivity index (χ1v) is 6.25. The van der Waals surface area contributed by atoms with Gasteiger partial charge >= 0.3 is 0 Å². The van der Waals surface area contributed by atoms with E-state index in [2.05, 4.69) is 17.1 Å². The lowest BCUT2D eigenvalue weighted by Gasteiger charge is -2.31. The molecule has 1 unspecified atom stereocenters. The van der Waals surface area contributed by atoms with Crippen LogP contribution in [0.5, 0.6) is 0 Å². The van der Waals surface area contributed by atoms with E-state index in [1.54, 1.807) is 12.4 Å². The van der Waals surface area contributed by atoms with E-state index in [1.165, 1.54) is 0 Å². The molecule has 4 nitrogen and oxygen atoms in total. The highest BCUT2D eigenvalue weighted by atomic mass is 32.2. The molecule has 2 rings (SSSR count). The van der Waals surface area contributed by atoms with Crippen molar-refractivity contribution in [2.45, 2.75) is 18.6 Å². The zero-order valence-electron chi connectivity index (χ0n) is 8.77. The second-order valence-electron chi connectivity index (χ2n) is 3.64. The van der Waals surface area contributed by atoms with Crippen LogP contribution >= 0.6 is 11.8 Å². The summed E-state index contributed by atoms with van der Waals surface area (Å²) in [6.45, 7) is 3.89. The maximum absolute atomic E-state index is 12.0. The summed E-state index contributed by atoms with van der Waals surface area (Å²) in [5, 5.41) is 7.06. The Kier molecular flexibility index (Phi) is 3.30. The number of nitrogens with one attached hydrogen (secondary N) is 1. The largest absolute Gasteiger partial charge is 0.337 e. The molecule has 0 aliphatic carbocycles. The summed E-state index contributed by atoms with van der Waals surface area (Å²) < 4.78 is 0. The Bertz CT molecular complexity index is 325.